The van der Waals surface area contributed by atoms with Crippen LogP contribution in [0.25, 0.3) is 0 Å². The maximum atomic E-state index is 13.3. The minimum absolute atomic E-state index is 0.0691. The van der Waals surface area contributed by atoms with E-state index < -0.39 is 19.3 Å². The fourth-order valence-corrected chi connectivity index (χ4v) is 4.32. The maximum Gasteiger partial charge on any atom is 0.357 e. The highest BCUT2D eigenvalue weighted by Crippen LogP contribution is 2.60. The molecule has 2 aromatic rings. The molecule has 0 bridgehead atoms. The van der Waals surface area contributed by atoms with E-state index in [9.17, 15) is 14.5 Å². The zero-order valence-corrected chi connectivity index (χ0v) is 15.1. The van der Waals surface area contributed by atoms with Gasteiger partial charge in [0.15, 0.2) is 5.78 Å². The minimum Gasteiger partial charge on any atom is -0.545 e. The molecule has 2 aromatic carbocycles. The van der Waals surface area contributed by atoms with Gasteiger partial charge >= 0.3 is 7.60 Å². The van der Waals surface area contributed by atoms with Crippen molar-refractivity contribution in [3.05, 3.63) is 65.7 Å². The van der Waals surface area contributed by atoms with E-state index in [2.05, 4.69) is 5.32 Å². The normalized spacial score (nSPS) is 12.6. The van der Waals surface area contributed by atoms with Gasteiger partial charge in [0.05, 0.1) is 19.2 Å². The van der Waals surface area contributed by atoms with Crippen molar-refractivity contribution < 1.29 is 23.5 Å². The van der Waals surface area contributed by atoms with Crippen molar-refractivity contribution in [2.24, 2.45) is 0 Å². The number of hydrogen-bond donors (Lipinski definition) is 1. The minimum atomic E-state index is -3.49. The molecule has 0 fully saturated rings. The van der Waals surface area contributed by atoms with Gasteiger partial charge in [0.2, 0.25) is 0 Å². The van der Waals surface area contributed by atoms with Gasteiger partial charge in [-0.15, -0.1) is 0 Å². The quantitative estimate of drug-likeness (QED) is 0.688. The molecule has 0 amide bonds. The molecule has 25 heavy (non-hydrogen) atoms. The van der Waals surface area contributed by atoms with Crippen molar-refractivity contribution in [1.82, 2.24) is 0 Å². The molecule has 0 unspecified atom stereocenters. The molecule has 0 aromatic heterocycles. The molecule has 0 aliphatic rings. The number of carbonyl (C=O) groups is 1. The Kier molecular flexibility index (Phi) is 6.76. The summed E-state index contributed by atoms with van der Waals surface area (Å²) in [6, 6.07) is 15.2. The van der Waals surface area contributed by atoms with Gasteiger partial charge in [-0.05, 0) is 37.1 Å². The standard InChI is InChI=1S/C18H22NO5P/c1-3-23-25(22,24-4-2)17(14-8-6-5-7-9-14)19-16-12-10-15(11-13-16)18(20)21/h5-13,17,19H,3-4H2,1-2H3,(H,20,21)/p-1/t17-/m1/s1. The Morgan fingerprint density at radius 3 is 2.08 bits per heavy atom. The molecule has 2 rings (SSSR count). The second kappa shape index (κ2) is 8.81. The van der Waals surface area contributed by atoms with Gasteiger partial charge in [0, 0.05) is 5.69 Å². The number of benzene rings is 2. The third-order valence-corrected chi connectivity index (χ3v) is 5.77. The zero-order valence-electron chi connectivity index (χ0n) is 14.2. The van der Waals surface area contributed by atoms with Crippen LogP contribution >= 0.6 is 7.60 Å². The van der Waals surface area contributed by atoms with Crippen LogP contribution in [-0.2, 0) is 13.6 Å². The number of rotatable bonds is 9. The second-order valence-electron chi connectivity index (χ2n) is 5.20. The van der Waals surface area contributed by atoms with Gasteiger partial charge in [-0.3, -0.25) is 4.57 Å². The van der Waals surface area contributed by atoms with Crippen LogP contribution in [0.4, 0.5) is 5.69 Å². The summed E-state index contributed by atoms with van der Waals surface area (Å²) in [7, 11) is -3.49. The molecule has 1 atom stereocenters. The van der Waals surface area contributed by atoms with E-state index in [1.807, 2.05) is 30.3 Å². The topological polar surface area (TPSA) is 87.7 Å². The molecule has 0 saturated carbocycles. The smallest absolute Gasteiger partial charge is 0.357 e. The van der Waals surface area contributed by atoms with E-state index in [1.165, 1.54) is 12.1 Å². The Morgan fingerprint density at radius 1 is 1.04 bits per heavy atom. The Labute approximate surface area is 147 Å². The molecule has 0 aliphatic heterocycles. The van der Waals surface area contributed by atoms with E-state index in [-0.39, 0.29) is 18.8 Å². The van der Waals surface area contributed by atoms with Gasteiger partial charge < -0.3 is 24.3 Å². The average Bonchev–Trinajstić information content (AvgIpc) is 2.61. The summed E-state index contributed by atoms with van der Waals surface area (Å²) >= 11 is 0. The van der Waals surface area contributed by atoms with Gasteiger partial charge in [0.1, 0.15) is 0 Å². The first-order chi connectivity index (χ1) is 12.0. The number of nitrogens with one attached hydrogen (secondary N) is 1. The first kappa shape index (κ1) is 19.2. The van der Waals surface area contributed by atoms with Crippen LogP contribution in [0.5, 0.6) is 0 Å². The van der Waals surface area contributed by atoms with Crippen molar-refractivity contribution in [2.45, 2.75) is 19.6 Å². The molecule has 1 N–H and O–H groups in total. The van der Waals surface area contributed by atoms with E-state index in [0.29, 0.717) is 5.69 Å². The number of anilines is 1. The lowest BCUT2D eigenvalue weighted by Gasteiger charge is -2.28. The third-order valence-electron chi connectivity index (χ3n) is 3.47. The molecule has 0 aliphatic carbocycles. The Morgan fingerprint density at radius 2 is 1.60 bits per heavy atom. The van der Waals surface area contributed by atoms with E-state index in [4.69, 9.17) is 9.05 Å². The third kappa shape index (κ3) is 4.92. The van der Waals surface area contributed by atoms with Crippen LogP contribution in [0, 0.1) is 0 Å². The largest absolute Gasteiger partial charge is 0.545 e. The SMILES string of the molecule is CCOP(=O)(OCC)[C@@H](Nc1ccc(C(=O)[O-])cc1)c1ccccc1. The summed E-state index contributed by atoms with van der Waals surface area (Å²) in [4.78, 5) is 10.9. The predicted molar refractivity (Wildman–Crippen MR) is 94.4 cm³/mol. The number of hydrogen-bond acceptors (Lipinski definition) is 6. The van der Waals surface area contributed by atoms with Crippen LogP contribution in [0.1, 0.15) is 35.6 Å². The Balaban J connectivity index is 2.37. The van der Waals surface area contributed by atoms with Crippen LogP contribution < -0.4 is 10.4 Å². The fourth-order valence-electron chi connectivity index (χ4n) is 2.39. The molecule has 6 nitrogen and oxygen atoms in total. The molecule has 7 heteroatoms. The predicted octanol–water partition coefficient (Wildman–Crippen LogP) is 3.43. The van der Waals surface area contributed by atoms with Crippen molar-refractivity contribution >= 4 is 19.3 Å². The molecular formula is C18H21NO5P-. The van der Waals surface area contributed by atoms with Gasteiger partial charge in [-0.1, -0.05) is 42.5 Å². The molecule has 0 saturated heterocycles. The van der Waals surface area contributed by atoms with E-state index in [0.717, 1.165) is 5.56 Å². The number of aromatic carboxylic acids is 1. The first-order valence-electron chi connectivity index (χ1n) is 8.02. The van der Waals surface area contributed by atoms with Crippen molar-refractivity contribution in [1.29, 1.82) is 0 Å². The van der Waals surface area contributed by atoms with E-state index in [1.54, 1.807) is 26.0 Å². The lowest BCUT2D eigenvalue weighted by Crippen LogP contribution is -2.22. The molecule has 134 valence electrons. The molecule has 0 spiro atoms. The highest BCUT2D eigenvalue weighted by Gasteiger charge is 2.36. The summed E-state index contributed by atoms with van der Waals surface area (Å²) in [6.07, 6.45) is 0. The van der Waals surface area contributed by atoms with Gasteiger partial charge in [-0.25, -0.2) is 0 Å². The summed E-state index contributed by atoms with van der Waals surface area (Å²) in [5.74, 6) is -1.97. The molecule has 0 radical (unpaired) electrons. The van der Waals surface area contributed by atoms with Gasteiger partial charge in [0.25, 0.3) is 0 Å². The monoisotopic (exact) mass is 362 g/mol. The highest BCUT2D eigenvalue weighted by atomic mass is 31.2. The summed E-state index contributed by atoms with van der Waals surface area (Å²) in [6.45, 7) is 3.99. The lowest BCUT2D eigenvalue weighted by atomic mass is 10.2. The van der Waals surface area contributed by atoms with Gasteiger partial charge in [-0.2, -0.15) is 0 Å². The van der Waals surface area contributed by atoms with Crippen molar-refractivity contribution in [3.8, 4) is 0 Å². The van der Waals surface area contributed by atoms with Crippen LogP contribution in [0.3, 0.4) is 0 Å². The summed E-state index contributed by atoms with van der Waals surface area (Å²) < 4.78 is 24.3. The zero-order chi connectivity index (χ0) is 18.3. The second-order valence-corrected chi connectivity index (χ2v) is 7.31. The summed E-state index contributed by atoms with van der Waals surface area (Å²) in [5, 5.41) is 14.0. The molecule has 0 heterocycles. The lowest BCUT2D eigenvalue weighted by molar-refractivity contribution is -0.255. The Bertz CT molecular complexity index is 723. The summed E-state index contributed by atoms with van der Waals surface area (Å²) in [5.41, 5.74) is 1.41. The van der Waals surface area contributed by atoms with Crippen LogP contribution in [0.15, 0.2) is 54.6 Å². The van der Waals surface area contributed by atoms with Crippen molar-refractivity contribution in [2.75, 3.05) is 18.5 Å². The fraction of sp³-hybridized carbons (Fsp3) is 0.278. The van der Waals surface area contributed by atoms with Crippen LogP contribution in [0.2, 0.25) is 0 Å². The maximum absolute atomic E-state index is 13.3. The number of carboxylic acids is 1. The number of carboxylic acid groups (broad SMARTS) is 1. The average molecular weight is 362 g/mol. The number of carbonyl (C=O) groups excluding carboxylic acids is 1. The first-order valence-corrected chi connectivity index (χ1v) is 9.63. The van der Waals surface area contributed by atoms with E-state index >= 15 is 0 Å². The van der Waals surface area contributed by atoms with Crippen LogP contribution in [-0.4, -0.2) is 19.2 Å². The van der Waals surface area contributed by atoms with Crippen molar-refractivity contribution in [3.63, 3.8) is 0 Å². The highest BCUT2D eigenvalue weighted by molar-refractivity contribution is 7.54. The molecular weight excluding hydrogens is 341 g/mol. The Hall–Kier alpha value is -2.14.